The van der Waals surface area contributed by atoms with E-state index in [1.165, 1.54) is 18.0 Å². The molecule has 1 aliphatic rings. The molecule has 0 aromatic heterocycles. The number of anilines is 1. The molecular weight excluding hydrogens is 427 g/mol. The van der Waals surface area contributed by atoms with Crippen LogP contribution in [0.4, 0.5) is 10.1 Å². The van der Waals surface area contributed by atoms with Crippen molar-refractivity contribution in [1.29, 1.82) is 0 Å². The highest BCUT2D eigenvalue weighted by molar-refractivity contribution is 8.01. The third-order valence-corrected chi connectivity index (χ3v) is 6.09. The van der Waals surface area contributed by atoms with E-state index >= 15 is 0 Å². The Morgan fingerprint density at radius 1 is 1.27 bits per heavy atom. The largest absolute Gasteiger partial charge is 0.394 e. The van der Waals surface area contributed by atoms with Gasteiger partial charge < -0.3 is 19.0 Å². The molecule has 2 atom stereocenters. The van der Waals surface area contributed by atoms with Crippen LogP contribution in [-0.4, -0.2) is 53.6 Å². The number of rotatable bonds is 8. The Balaban J connectivity index is 1.90. The number of hydrogen-bond acceptors (Lipinski definition) is 5. The highest BCUT2D eigenvalue weighted by Gasteiger charge is 2.36. The van der Waals surface area contributed by atoms with Crippen molar-refractivity contribution in [1.82, 2.24) is 4.90 Å². The number of hydrogen-bond donors (Lipinski definition) is 1. The van der Waals surface area contributed by atoms with Gasteiger partial charge in [0.05, 0.1) is 37.5 Å². The van der Waals surface area contributed by atoms with Crippen LogP contribution in [0.25, 0.3) is 0 Å². The van der Waals surface area contributed by atoms with Gasteiger partial charge in [0.2, 0.25) is 5.91 Å². The van der Waals surface area contributed by atoms with Gasteiger partial charge >= 0.3 is 0 Å². The Kier molecular flexibility index (Phi) is 7.99. The van der Waals surface area contributed by atoms with Gasteiger partial charge in [-0.05, 0) is 41.8 Å². The molecule has 1 amide bonds. The van der Waals surface area contributed by atoms with Gasteiger partial charge in [0.25, 0.3) is 0 Å². The minimum atomic E-state index is -0.534. The van der Waals surface area contributed by atoms with Gasteiger partial charge in [0.1, 0.15) is 12.4 Å². The smallest absolute Gasteiger partial charge is 0.249 e. The number of amides is 1. The van der Waals surface area contributed by atoms with E-state index in [9.17, 15) is 14.3 Å². The van der Waals surface area contributed by atoms with Crippen molar-refractivity contribution in [2.45, 2.75) is 31.2 Å². The van der Waals surface area contributed by atoms with Crippen molar-refractivity contribution >= 4 is 35.1 Å². The van der Waals surface area contributed by atoms with E-state index in [0.717, 1.165) is 5.56 Å². The third-order valence-electron chi connectivity index (χ3n) is 4.82. The van der Waals surface area contributed by atoms with Crippen molar-refractivity contribution < 1.29 is 19.0 Å². The van der Waals surface area contributed by atoms with Gasteiger partial charge in [-0.25, -0.2) is 4.39 Å². The van der Waals surface area contributed by atoms with E-state index in [-0.39, 0.29) is 42.8 Å². The molecule has 8 heteroatoms. The fraction of sp³-hybridized carbons (Fsp3) is 0.409. The minimum Gasteiger partial charge on any atom is -0.394 e. The van der Waals surface area contributed by atoms with Crippen LogP contribution in [-0.2, 0) is 9.53 Å². The lowest BCUT2D eigenvalue weighted by Gasteiger charge is -2.42. The molecule has 3 rings (SSSR count). The quantitative estimate of drug-likeness (QED) is 0.605. The second kappa shape index (κ2) is 10.5. The van der Waals surface area contributed by atoms with Crippen LogP contribution in [0.2, 0.25) is 5.02 Å². The summed E-state index contributed by atoms with van der Waals surface area (Å²) in [5.41, 5.74) is 1.30. The third kappa shape index (κ3) is 5.46. The number of aliphatic hydroxyl groups excluding tert-OH is 1. The first kappa shape index (κ1) is 22.9. The average molecular weight is 453 g/mol. The number of aliphatic hydroxyl groups is 1. The summed E-state index contributed by atoms with van der Waals surface area (Å²) < 4.78 is 21.8. The summed E-state index contributed by atoms with van der Waals surface area (Å²) in [5.74, 6) is -0.548. The number of benzene rings is 2. The zero-order valence-corrected chi connectivity index (χ0v) is 18.6. The molecule has 0 aliphatic carbocycles. The molecule has 1 aliphatic heterocycles. The van der Waals surface area contributed by atoms with E-state index in [1.54, 1.807) is 35.2 Å². The first-order chi connectivity index (χ1) is 14.4. The lowest BCUT2D eigenvalue weighted by molar-refractivity contribution is -0.153. The Morgan fingerprint density at radius 3 is 2.60 bits per heavy atom. The summed E-state index contributed by atoms with van der Waals surface area (Å²) in [4.78, 5) is 14.5. The van der Waals surface area contributed by atoms with Crippen LogP contribution in [0.15, 0.2) is 48.5 Å². The molecule has 1 heterocycles. The van der Waals surface area contributed by atoms with Gasteiger partial charge in [-0.1, -0.05) is 49.7 Å². The van der Waals surface area contributed by atoms with Crippen molar-refractivity contribution in [3.63, 3.8) is 0 Å². The van der Waals surface area contributed by atoms with Crippen LogP contribution in [0.5, 0.6) is 0 Å². The maximum absolute atomic E-state index is 14.5. The SMILES string of the molecule is CC(C)SN(C[C@H](CO)N1C(=O)COC[C@H]1c1ccc(Cl)cc1)c1ccccc1F. The molecule has 0 radical (unpaired) electrons. The maximum Gasteiger partial charge on any atom is 0.249 e. The summed E-state index contributed by atoms with van der Waals surface area (Å²) in [6, 6.07) is 12.9. The monoisotopic (exact) mass is 452 g/mol. The van der Waals surface area contributed by atoms with Gasteiger partial charge in [0, 0.05) is 10.3 Å². The van der Waals surface area contributed by atoms with Crippen molar-refractivity contribution in [2.75, 3.05) is 30.7 Å². The minimum absolute atomic E-state index is 0.0440. The molecule has 2 aromatic carbocycles. The highest BCUT2D eigenvalue weighted by atomic mass is 35.5. The number of carbonyl (C=O) groups excluding carboxylic acids is 1. The fourth-order valence-corrected chi connectivity index (χ4v) is 4.67. The molecule has 1 N–H and O–H groups in total. The predicted molar refractivity (Wildman–Crippen MR) is 119 cm³/mol. The van der Waals surface area contributed by atoms with Crippen molar-refractivity contribution in [3.05, 3.63) is 64.9 Å². The van der Waals surface area contributed by atoms with Crippen molar-refractivity contribution in [2.24, 2.45) is 0 Å². The molecule has 0 unspecified atom stereocenters. The molecule has 30 heavy (non-hydrogen) atoms. The second-order valence-corrected chi connectivity index (χ2v) is 9.42. The first-order valence-electron chi connectivity index (χ1n) is 9.84. The van der Waals surface area contributed by atoms with Crippen LogP contribution >= 0.6 is 23.5 Å². The lowest BCUT2D eigenvalue weighted by Crippen LogP contribution is -2.54. The summed E-state index contributed by atoms with van der Waals surface area (Å²) in [6.45, 7) is 4.33. The van der Waals surface area contributed by atoms with Gasteiger partial charge in [-0.2, -0.15) is 0 Å². The van der Waals surface area contributed by atoms with Crippen LogP contribution in [0.3, 0.4) is 0 Å². The number of morpholine rings is 1. The maximum atomic E-state index is 14.5. The molecule has 0 bridgehead atoms. The number of carbonyl (C=O) groups is 1. The average Bonchev–Trinajstić information content (AvgIpc) is 2.72. The summed E-state index contributed by atoms with van der Waals surface area (Å²) in [5, 5.41) is 11.0. The molecule has 162 valence electrons. The topological polar surface area (TPSA) is 53.0 Å². The van der Waals surface area contributed by atoms with E-state index in [1.807, 2.05) is 30.3 Å². The Hall–Kier alpha value is -1.80. The number of halogens is 2. The summed E-state index contributed by atoms with van der Waals surface area (Å²) in [7, 11) is 0. The van der Waals surface area contributed by atoms with Crippen molar-refractivity contribution in [3.8, 4) is 0 Å². The molecule has 0 saturated carbocycles. The standard InChI is InChI=1S/C22H26ClFN2O3S/c1-15(2)30-25(20-6-4-3-5-19(20)24)11-18(12-27)26-21(13-29-14-22(26)28)16-7-9-17(23)10-8-16/h3-10,15,18,21,27H,11-14H2,1-2H3/t18-,21+/m1/s1. The Morgan fingerprint density at radius 2 is 1.97 bits per heavy atom. The Labute approximate surface area is 185 Å². The predicted octanol–water partition coefficient (Wildman–Crippen LogP) is 4.30. The summed E-state index contributed by atoms with van der Waals surface area (Å²) >= 11 is 7.48. The van der Waals surface area contributed by atoms with E-state index in [0.29, 0.717) is 17.3 Å². The molecule has 2 aromatic rings. The highest BCUT2D eigenvalue weighted by Crippen LogP contribution is 2.32. The fourth-order valence-electron chi connectivity index (χ4n) is 3.52. The van der Waals surface area contributed by atoms with Crippen LogP contribution < -0.4 is 4.31 Å². The van der Waals surface area contributed by atoms with Crippen LogP contribution in [0.1, 0.15) is 25.5 Å². The van der Waals surface area contributed by atoms with E-state index < -0.39 is 6.04 Å². The van der Waals surface area contributed by atoms with Gasteiger partial charge in [-0.3, -0.25) is 4.79 Å². The molecule has 1 saturated heterocycles. The van der Waals surface area contributed by atoms with Gasteiger partial charge in [-0.15, -0.1) is 0 Å². The molecule has 5 nitrogen and oxygen atoms in total. The Bertz CT molecular complexity index is 853. The van der Waals surface area contributed by atoms with Crippen LogP contribution in [0, 0.1) is 5.82 Å². The second-order valence-electron chi connectivity index (χ2n) is 7.39. The normalized spacial score (nSPS) is 18.0. The molecule has 1 fully saturated rings. The molecule has 0 spiro atoms. The van der Waals surface area contributed by atoms with Gasteiger partial charge in [0.15, 0.2) is 0 Å². The zero-order valence-electron chi connectivity index (χ0n) is 17.0. The number of para-hydroxylation sites is 1. The van der Waals surface area contributed by atoms with E-state index in [4.69, 9.17) is 16.3 Å². The number of nitrogens with zero attached hydrogens (tertiary/aromatic N) is 2. The van der Waals surface area contributed by atoms with E-state index in [2.05, 4.69) is 0 Å². The lowest BCUT2D eigenvalue weighted by atomic mass is 10.0. The zero-order chi connectivity index (χ0) is 21.7. The number of ether oxygens (including phenoxy) is 1. The molecular formula is C22H26ClFN2O3S. The summed E-state index contributed by atoms with van der Waals surface area (Å²) in [6.07, 6.45) is 0. The first-order valence-corrected chi connectivity index (χ1v) is 11.1.